The van der Waals surface area contributed by atoms with E-state index in [0.717, 1.165) is 12.0 Å². The van der Waals surface area contributed by atoms with Crippen molar-refractivity contribution < 1.29 is 14.3 Å². The van der Waals surface area contributed by atoms with E-state index in [4.69, 9.17) is 21.1 Å². The van der Waals surface area contributed by atoms with E-state index in [0.29, 0.717) is 35.4 Å². The Hall–Kier alpha value is -3.65. The van der Waals surface area contributed by atoms with Crippen molar-refractivity contribution in [2.75, 3.05) is 25.5 Å². The highest BCUT2D eigenvalue weighted by atomic mass is 35.5. The van der Waals surface area contributed by atoms with Gasteiger partial charge in [0.1, 0.15) is 5.75 Å². The molecular weight excluding hydrogens is 442 g/mol. The van der Waals surface area contributed by atoms with E-state index in [9.17, 15) is 4.79 Å². The third-order valence-corrected chi connectivity index (χ3v) is 5.49. The van der Waals surface area contributed by atoms with E-state index in [2.05, 4.69) is 33.3 Å². The first-order chi connectivity index (χ1) is 16.0. The minimum Gasteiger partial charge on any atom is -0.481 e. The number of benzene rings is 1. The second-order valence-electron chi connectivity index (χ2n) is 7.69. The molecule has 0 saturated carbocycles. The van der Waals surface area contributed by atoms with Gasteiger partial charge in [-0.2, -0.15) is 0 Å². The fourth-order valence-corrected chi connectivity index (χ4v) is 3.66. The minimum absolute atomic E-state index is 0.133. The van der Waals surface area contributed by atoms with Gasteiger partial charge in [-0.15, -0.1) is 0 Å². The maximum absolute atomic E-state index is 12.7. The summed E-state index contributed by atoms with van der Waals surface area (Å²) in [7, 11) is 1.55. The molecule has 0 bridgehead atoms. The molecule has 4 rings (SSSR count). The first kappa shape index (κ1) is 22.5. The van der Waals surface area contributed by atoms with Gasteiger partial charge in [-0.05, 0) is 36.1 Å². The summed E-state index contributed by atoms with van der Waals surface area (Å²) in [5, 5.41) is 3.35. The number of nitrogens with zero attached hydrogens (tertiary/aromatic N) is 4. The van der Waals surface area contributed by atoms with Crippen LogP contribution in [0.3, 0.4) is 0 Å². The first-order valence-electron chi connectivity index (χ1n) is 10.5. The maximum Gasteiger partial charge on any atom is 0.321 e. The number of likely N-dealkylation sites (tertiary alicyclic amines) is 1. The molecule has 1 aromatic carbocycles. The Labute approximate surface area is 197 Å². The number of pyridine rings is 1. The van der Waals surface area contributed by atoms with Crippen LogP contribution < -0.4 is 14.8 Å². The molecule has 1 atom stereocenters. The van der Waals surface area contributed by atoms with Crippen LogP contribution in [0.4, 0.5) is 10.5 Å². The number of ether oxygens (including phenoxy) is 2. The normalized spacial score (nSPS) is 17.0. The fraction of sp³-hybridized carbons (Fsp3) is 0.250. The SMILES string of the molecule is COc1ccc(NC(=O)N2CCC(=Cc3cccc(Oc4ncc(Cl)cn4)c3)C(C)C2)cn1. The summed E-state index contributed by atoms with van der Waals surface area (Å²) in [5.41, 5.74) is 2.94. The molecule has 0 radical (unpaired) electrons. The lowest BCUT2D eigenvalue weighted by atomic mass is 9.91. The molecule has 0 aliphatic carbocycles. The van der Waals surface area contributed by atoms with Gasteiger partial charge < -0.3 is 19.7 Å². The van der Waals surface area contributed by atoms with Crippen molar-refractivity contribution in [3.63, 3.8) is 0 Å². The number of aromatic nitrogens is 3. The standard InChI is InChI=1S/C24H24ClN5O3/c1-16-15-30(24(31)29-20-6-7-22(32-2)26-14-20)9-8-18(16)10-17-4-3-5-21(11-17)33-23-27-12-19(25)13-28-23/h3-7,10-14,16H,8-9,15H2,1-2H3,(H,29,31). The van der Waals surface area contributed by atoms with Crippen LogP contribution in [-0.2, 0) is 0 Å². The van der Waals surface area contributed by atoms with Gasteiger partial charge in [0.15, 0.2) is 0 Å². The van der Waals surface area contributed by atoms with Crippen molar-refractivity contribution in [3.05, 3.63) is 71.1 Å². The molecule has 1 unspecified atom stereocenters. The van der Waals surface area contributed by atoms with Gasteiger partial charge >= 0.3 is 12.0 Å². The summed E-state index contributed by atoms with van der Waals surface area (Å²) >= 11 is 5.82. The van der Waals surface area contributed by atoms with Gasteiger partial charge in [0.2, 0.25) is 5.88 Å². The number of anilines is 1. The van der Waals surface area contributed by atoms with E-state index in [1.807, 2.05) is 29.2 Å². The van der Waals surface area contributed by atoms with Gasteiger partial charge in [-0.25, -0.2) is 19.7 Å². The summed E-state index contributed by atoms with van der Waals surface area (Å²) in [5.74, 6) is 1.37. The molecule has 8 nitrogen and oxygen atoms in total. The van der Waals surface area contributed by atoms with E-state index >= 15 is 0 Å². The molecule has 2 aromatic heterocycles. The number of carbonyl (C=O) groups is 1. The summed E-state index contributed by atoms with van der Waals surface area (Å²) < 4.78 is 10.8. The van der Waals surface area contributed by atoms with E-state index in [1.54, 1.807) is 25.4 Å². The van der Waals surface area contributed by atoms with Crippen LogP contribution in [0.5, 0.6) is 17.6 Å². The number of piperidine rings is 1. The van der Waals surface area contributed by atoms with Crippen molar-refractivity contribution in [1.82, 2.24) is 19.9 Å². The van der Waals surface area contributed by atoms with E-state index in [1.165, 1.54) is 18.0 Å². The lowest BCUT2D eigenvalue weighted by molar-refractivity contribution is 0.198. The first-order valence-corrected chi connectivity index (χ1v) is 10.9. The lowest BCUT2D eigenvalue weighted by Crippen LogP contribution is -2.42. The summed E-state index contributed by atoms with van der Waals surface area (Å²) in [4.78, 5) is 26.7. The van der Waals surface area contributed by atoms with Crippen LogP contribution in [0, 0.1) is 5.92 Å². The molecule has 9 heteroatoms. The number of hydrogen-bond acceptors (Lipinski definition) is 6. The van der Waals surface area contributed by atoms with Crippen molar-refractivity contribution in [3.8, 4) is 17.6 Å². The molecule has 3 aromatic rings. The molecule has 1 aliphatic rings. The zero-order chi connectivity index (χ0) is 23.2. The Morgan fingerprint density at radius 2 is 2.00 bits per heavy atom. The third-order valence-electron chi connectivity index (χ3n) is 5.30. The predicted molar refractivity (Wildman–Crippen MR) is 127 cm³/mol. The Bertz CT molecular complexity index is 1140. The zero-order valence-electron chi connectivity index (χ0n) is 18.4. The number of methoxy groups -OCH3 is 1. The molecule has 170 valence electrons. The quantitative estimate of drug-likeness (QED) is 0.551. The van der Waals surface area contributed by atoms with Crippen LogP contribution in [0.2, 0.25) is 5.02 Å². The average molecular weight is 466 g/mol. The van der Waals surface area contributed by atoms with E-state index in [-0.39, 0.29) is 18.0 Å². The second kappa shape index (κ2) is 10.3. The van der Waals surface area contributed by atoms with Crippen molar-refractivity contribution in [1.29, 1.82) is 0 Å². The summed E-state index contributed by atoms with van der Waals surface area (Å²) in [6, 6.07) is 11.3. The monoisotopic (exact) mass is 465 g/mol. The number of nitrogens with one attached hydrogen (secondary N) is 1. The van der Waals surface area contributed by atoms with Crippen LogP contribution >= 0.6 is 11.6 Å². The highest BCUT2D eigenvalue weighted by Gasteiger charge is 2.24. The van der Waals surface area contributed by atoms with Gasteiger partial charge in [0.05, 0.1) is 36.4 Å². The number of amides is 2. The molecule has 1 N–H and O–H groups in total. The number of rotatable bonds is 5. The van der Waals surface area contributed by atoms with E-state index < -0.39 is 0 Å². The maximum atomic E-state index is 12.7. The van der Waals surface area contributed by atoms with Crippen LogP contribution in [0.25, 0.3) is 6.08 Å². The smallest absolute Gasteiger partial charge is 0.321 e. The molecule has 33 heavy (non-hydrogen) atoms. The second-order valence-corrected chi connectivity index (χ2v) is 8.13. The number of halogens is 1. The van der Waals surface area contributed by atoms with Gasteiger partial charge in [-0.1, -0.05) is 42.3 Å². The Morgan fingerprint density at radius 3 is 2.70 bits per heavy atom. The average Bonchev–Trinajstić information content (AvgIpc) is 2.82. The number of carbonyl (C=O) groups excluding carboxylic acids is 1. The van der Waals surface area contributed by atoms with Gasteiger partial charge in [-0.3, -0.25) is 0 Å². The Morgan fingerprint density at radius 1 is 1.18 bits per heavy atom. The molecule has 1 saturated heterocycles. The zero-order valence-corrected chi connectivity index (χ0v) is 19.1. The van der Waals surface area contributed by atoms with Crippen LogP contribution in [0.15, 0.2) is 60.6 Å². The van der Waals surface area contributed by atoms with Gasteiger partial charge in [0.25, 0.3) is 0 Å². The highest BCUT2D eigenvalue weighted by molar-refractivity contribution is 6.30. The summed E-state index contributed by atoms with van der Waals surface area (Å²) in [6.45, 7) is 3.40. The predicted octanol–water partition coefficient (Wildman–Crippen LogP) is 5.28. The Kier molecular flexibility index (Phi) is 7.04. The lowest BCUT2D eigenvalue weighted by Gasteiger charge is -2.33. The molecular formula is C24H24ClN5O3. The van der Waals surface area contributed by atoms with Crippen molar-refractivity contribution in [2.45, 2.75) is 13.3 Å². The number of urea groups is 1. The highest BCUT2D eigenvalue weighted by Crippen LogP contribution is 2.27. The van der Waals surface area contributed by atoms with Crippen molar-refractivity contribution in [2.24, 2.45) is 5.92 Å². The van der Waals surface area contributed by atoms with Crippen LogP contribution in [0.1, 0.15) is 18.9 Å². The molecule has 0 spiro atoms. The largest absolute Gasteiger partial charge is 0.481 e. The van der Waals surface area contributed by atoms with Gasteiger partial charge in [0, 0.05) is 19.2 Å². The number of hydrogen-bond donors (Lipinski definition) is 1. The summed E-state index contributed by atoms with van der Waals surface area (Å²) in [6.07, 6.45) is 7.52. The fourth-order valence-electron chi connectivity index (χ4n) is 3.57. The molecule has 3 heterocycles. The Balaban J connectivity index is 1.37. The third kappa shape index (κ3) is 5.98. The van der Waals surface area contributed by atoms with Crippen LogP contribution in [-0.4, -0.2) is 46.1 Å². The minimum atomic E-state index is -0.133. The molecule has 2 amide bonds. The molecule has 1 aliphatic heterocycles. The van der Waals surface area contributed by atoms with Crippen molar-refractivity contribution >= 4 is 29.4 Å². The topological polar surface area (TPSA) is 89.5 Å². The molecule has 1 fully saturated rings.